The van der Waals surface area contributed by atoms with Crippen molar-refractivity contribution < 1.29 is 13.7 Å². The quantitative estimate of drug-likeness (QED) is 0.337. The second kappa shape index (κ2) is 9.79. The number of thiophene rings is 1. The minimum Gasteiger partial charge on any atom is -0.473 e. The number of aromatic nitrogens is 2. The maximum atomic E-state index is 6.15. The first-order valence-corrected chi connectivity index (χ1v) is 12.1. The molecule has 1 aliphatic heterocycles. The number of hydrogen-bond donors (Lipinski definition) is 1. The minimum atomic E-state index is 0.224. The van der Waals surface area contributed by atoms with E-state index >= 15 is 0 Å². The summed E-state index contributed by atoms with van der Waals surface area (Å²) in [4.78, 5) is 12.3. The zero-order valence-electron chi connectivity index (χ0n) is 17.4. The fraction of sp³-hybridized carbons (Fsp3) is 0.217. The number of ether oxygens (including phenoxy) is 1. The molecule has 5 rings (SSSR count). The summed E-state index contributed by atoms with van der Waals surface area (Å²) in [5, 5.41) is 3.40. The van der Waals surface area contributed by atoms with Crippen LogP contribution in [0.25, 0.3) is 20.9 Å². The number of anilines is 2. The molecule has 4 aromatic rings. The fourth-order valence-electron chi connectivity index (χ4n) is 3.52. The van der Waals surface area contributed by atoms with Gasteiger partial charge in [-0.05, 0) is 36.1 Å². The molecule has 1 unspecified atom stereocenters. The Kier molecular flexibility index (Phi) is 6.46. The van der Waals surface area contributed by atoms with Crippen molar-refractivity contribution in [2.24, 2.45) is 0 Å². The highest BCUT2D eigenvalue weighted by Gasteiger charge is 2.16. The third-order valence-corrected chi connectivity index (χ3v) is 6.72. The van der Waals surface area contributed by atoms with Crippen molar-refractivity contribution >= 4 is 41.9 Å². The standard InChI is InChI=1S/C23H23N4O3PS/c1-2-31-30-17-5-3-4-16(12-17)26-23-22-19(24-15-25-23)13-21(32-22)20-7-6-18(29-20)14-27-8-10-28-11-9-27/h2-7,12-13,15,31H,1,8-11,14H2,(H,24,25,26). The molecule has 1 aromatic carbocycles. The van der Waals surface area contributed by atoms with E-state index < -0.39 is 0 Å². The van der Waals surface area contributed by atoms with Crippen LogP contribution in [-0.2, 0) is 11.3 Å². The van der Waals surface area contributed by atoms with Crippen LogP contribution >= 0.6 is 20.1 Å². The molecule has 1 aliphatic rings. The lowest BCUT2D eigenvalue weighted by Gasteiger charge is -2.25. The molecule has 4 heterocycles. The van der Waals surface area contributed by atoms with Crippen LogP contribution < -0.4 is 9.84 Å². The summed E-state index contributed by atoms with van der Waals surface area (Å²) in [6.45, 7) is 7.92. The maximum Gasteiger partial charge on any atom is 0.151 e. The summed E-state index contributed by atoms with van der Waals surface area (Å²) in [5.74, 6) is 5.11. The molecule has 1 N–H and O–H groups in total. The Balaban J connectivity index is 1.36. The van der Waals surface area contributed by atoms with Gasteiger partial charge in [-0.25, -0.2) is 9.97 Å². The largest absolute Gasteiger partial charge is 0.473 e. The number of benzene rings is 1. The summed E-state index contributed by atoms with van der Waals surface area (Å²) in [6, 6.07) is 13.9. The lowest BCUT2D eigenvalue weighted by atomic mass is 10.3. The summed E-state index contributed by atoms with van der Waals surface area (Å²) in [7, 11) is 0.224. The fourth-order valence-corrected chi connectivity index (χ4v) is 4.89. The molecule has 164 valence electrons. The average Bonchev–Trinajstić information content (AvgIpc) is 3.46. The molecule has 9 heteroatoms. The number of nitrogens with one attached hydrogen (secondary N) is 1. The van der Waals surface area contributed by atoms with Gasteiger partial charge in [-0.2, -0.15) is 0 Å². The summed E-state index contributed by atoms with van der Waals surface area (Å²) in [5.41, 5.74) is 1.78. The molecule has 1 atom stereocenters. The molecular weight excluding hydrogens is 443 g/mol. The van der Waals surface area contributed by atoms with Crippen molar-refractivity contribution in [3.63, 3.8) is 0 Å². The van der Waals surface area contributed by atoms with Crippen molar-refractivity contribution in [1.29, 1.82) is 0 Å². The first-order chi connectivity index (χ1) is 15.8. The second-order valence-electron chi connectivity index (χ2n) is 7.28. The van der Waals surface area contributed by atoms with E-state index in [-0.39, 0.29) is 8.81 Å². The van der Waals surface area contributed by atoms with Crippen molar-refractivity contribution in [3.8, 4) is 16.4 Å². The van der Waals surface area contributed by atoms with Crippen molar-refractivity contribution in [2.45, 2.75) is 6.54 Å². The molecular formula is C23H23N4O3PS. The Morgan fingerprint density at radius 2 is 2.09 bits per heavy atom. The molecule has 1 saturated heterocycles. The first-order valence-electron chi connectivity index (χ1n) is 10.3. The molecule has 0 saturated carbocycles. The molecule has 3 aromatic heterocycles. The molecule has 0 amide bonds. The Labute approximate surface area is 191 Å². The summed E-state index contributed by atoms with van der Waals surface area (Å²) in [6.07, 6.45) is 1.58. The van der Waals surface area contributed by atoms with E-state index in [0.717, 1.165) is 76.7 Å². The Hall–Kier alpha value is -2.77. The van der Waals surface area contributed by atoms with Gasteiger partial charge in [0.1, 0.15) is 23.6 Å². The normalized spacial score (nSPS) is 14.9. The average molecular weight is 467 g/mol. The van der Waals surface area contributed by atoms with Gasteiger partial charge in [-0.1, -0.05) is 12.6 Å². The van der Waals surface area contributed by atoms with E-state index in [4.69, 9.17) is 13.7 Å². The van der Waals surface area contributed by atoms with E-state index in [9.17, 15) is 0 Å². The van der Waals surface area contributed by atoms with Crippen molar-refractivity contribution in [3.05, 3.63) is 66.9 Å². The van der Waals surface area contributed by atoms with E-state index in [1.165, 1.54) is 0 Å². The third-order valence-electron chi connectivity index (χ3n) is 5.06. The highest BCUT2D eigenvalue weighted by Crippen LogP contribution is 2.37. The number of fused-ring (bicyclic) bond motifs is 1. The zero-order valence-corrected chi connectivity index (χ0v) is 19.2. The van der Waals surface area contributed by atoms with Gasteiger partial charge in [0.25, 0.3) is 0 Å². The Morgan fingerprint density at radius 3 is 2.97 bits per heavy atom. The molecule has 0 spiro atoms. The predicted octanol–water partition coefficient (Wildman–Crippen LogP) is 5.64. The second-order valence-corrected chi connectivity index (χ2v) is 9.18. The summed E-state index contributed by atoms with van der Waals surface area (Å²) >= 11 is 1.62. The maximum absolute atomic E-state index is 6.15. The molecule has 0 aliphatic carbocycles. The highest BCUT2D eigenvalue weighted by atomic mass is 32.1. The smallest absolute Gasteiger partial charge is 0.151 e. The molecule has 32 heavy (non-hydrogen) atoms. The monoisotopic (exact) mass is 466 g/mol. The van der Waals surface area contributed by atoms with Crippen molar-refractivity contribution in [1.82, 2.24) is 14.9 Å². The Bertz CT molecular complexity index is 1220. The third kappa shape index (κ3) is 4.84. The van der Waals surface area contributed by atoms with Gasteiger partial charge < -0.3 is 19.0 Å². The van der Waals surface area contributed by atoms with Crippen LogP contribution in [0.3, 0.4) is 0 Å². The lowest BCUT2D eigenvalue weighted by Crippen LogP contribution is -2.35. The van der Waals surface area contributed by atoms with Crippen LogP contribution in [0.2, 0.25) is 0 Å². The molecule has 1 fully saturated rings. The molecule has 7 nitrogen and oxygen atoms in total. The van der Waals surface area contributed by atoms with Gasteiger partial charge in [0.05, 0.1) is 43.7 Å². The van der Waals surface area contributed by atoms with Gasteiger partial charge in [0.15, 0.2) is 5.82 Å². The lowest BCUT2D eigenvalue weighted by molar-refractivity contribution is 0.0314. The van der Waals surface area contributed by atoms with Crippen LogP contribution in [0.1, 0.15) is 5.76 Å². The van der Waals surface area contributed by atoms with E-state index in [1.54, 1.807) is 23.5 Å². The minimum absolute atomic E-state index is 0.224. The van der Waals surface area contributed by atoms with E-state index in [2.05, 4.69) is 38.9 Å². The number of nitrogens with zero attached hydrogens (tertiary/aromatic N) is 3. The van der Waals surface area contributed by atoms with Gasteiger partial charge in [0, 0.05) is 24.8 Å². The number of rotatable bonds is 8. The molecule has 0 bridgehead atoms. The van der Waals surface area contributed by atoms with E-state index in [0.29, 0.717) is 0 Å². The van der Waals surface area contributed by atoms with Crippen molar-refractivity contribution in [2.75, 3.05) is 31.6 Å². The zero-order chi connectivity index (χ0) is 21.8. The van der Waals surface area contributed by atoms with Gasteiger partial charge in [-0.15, -0.1) is 11.3 Å². The van der Waals surface area contributed by atoms with Crippen LogP contribution in [0, 0.1) is 0 Å². The van der Waals surface area contributed by atoms with Gasteiger partial charge >= 0.3 is 0 Å². The number of furan rings is 1. The van der Waals surface area contributed by atoms with Gasteiger partial charge in [0.2, 0.25) is 0 Å². The summed E-state index contributed by atoms with van der Waals surface area (Å²) < 4.78 is 18.2. The van der Waals surface area contributed by atoms with Crippen LogP contribution in [0.4, 0.5) is 11.5 Å². The SMILES string of the molecule is C=CPOc1cccc(Nc2ncnc3cc(-c4ccc(CN5CCOCC5)o4)sc23)c1. The predicted molar refractivity (Wildman–Crippen MR) is 130 cm³/mol. The number of morpholine rings is 1. The topological polar surface area (TPSA) is 72.7 Å². The van der Waals surface area contributed by atoms with Crippen LogP contribution in [0.5, 0.6) is 5.75 Å². The Morgan fingerprint density at radius 1 is 1.19 bits per heavy atom. The van der Waals surface area contributed by atoms with E-state index in [1.807, 2.05) is 30.3 Å². The van der Waals surface area contributed by atoms with Gasteiger partial charge in [-0.3, -0.25) is 4.90 Å². The van der Waals surface area contributed by atoms with Crippen LogP contribution in [0.15, 0.2) is 65.6 Å². The van der Waals surface area contributed by atoms with Crippen LogP contribution in [-0.4, -0.2) is 41.2 Å². The highest BCUT2D eigenvalue weighted by molar-refractivity contribution is 7.36. The first kappa shape index (κ1) is 21.1. The molecule has 0 radical (unpaired) electrons. The number of hydrogen-bond acceptors (Lipinski definition) is 8.